The van der Waals surface area contributed by atoms with Crippen LogP contribution in [0.4, 0.5) is 13.2 Å². The van der Waals surface area contributed by atoms with Crippen LogP contribution in [0.3, 0.4) is 0 Å². The number of hydrazone groups is 1. The molecule has 6 nitrogen and oxygen atoms in total. The molecule has 22 heavy (non-hydrogen) atoms. The van der Waals surface area contributed by atoms with Gasteiger partial charge >= 0.3 is 12.0 Å². The van der Waals surface area contributed by atoms with Gasteiger partial charge in [0.25, 0.3) is 0 Å². The molecule has 0 bridgehead atoms. The van der Waals surface area contributed by atoms with Crippen molar-refractivity contribution in [2.75, 3.05) is 13.1 Å². The molecule has 3 heterocycles. The van der Waals surface area contributed by atoms with Gasteiger partial charge in [-0.2, -0.15) is 18.2 Å². The number of nitrogens with zero attached hydrogens (tertiary/aromatic N) is 4. The Labute approximate surface area is 131 Å². The minimum Gasteiger partial charge on any atom is -0.351 e. The van der Waals surface area contributed by atoms with Crippen molar-refractivity contribution in [2.24, 2.45) is 16.0 Å². The summed E-state index contributed by atoms with van der Waals surface area (Å²) in [6, 6.07) is -0.412. The van der Waals surface area contributed by atoms with Crippen LogP contribution in [0.2, 0.25) is 0 Å². The molecule has 1 saturated heterocycles. The summed E-state index contributed by atoms with van der Waals surface area (Å²) in [4.78, 5) is 4.29. The summed E-state index contributed by atoms with van der Waals surface area (Å²) in [6.45, 7) is 2.97. The van der Waals surface area contributed by atoms with Crippen LogP contribution < -0.4 is 10.7 Å². The summed E-state index contributed by atoms with van der Waals surface area (Å²) in [7, 11) is 0. The molecule has 0 aliphatic carbocycles. The van der Waals surface area contributed by atoms with Gasteiger partial charge in [0, 0.05) is 23.9 Å². The number of piperazine rings is 1. The monoisotopic (exact) mass is 337 g/mol. The maximum Gasteiger partial charge on any atom is 0.438 e. The Hall–Kier alpha value is -1.48. The van der Waals surface area contributed by atoms with Crippen LogP contribution in [0, 0.1) is 5.92 Å². The Kier molecular flexibility index (Phi) is 3.33. The zero-order chi connectivity index (χ0) is 16.2. The second-order valence-corrected chi connectivity index (χ2v) is 6.45. The lowest BCUT2D eigenvalue weighted by Crippen LogP contribution is -2.78. The third-order valence-electron chi connectivity index (χ3n) is 4.40. The number of quaternary nitrogens is 1. The number of rotatable bonds is 2. The van der Waals surface area contributed by atoms with Crippen LogP contribution in [-0.2, 0) is 0 Å². The van der Waals surface area contributed by atoms with Crippen molar-refractivity contribution in [1.29, 1.82) is 0 Å². The van der Waals surface area contributed by atoms with Gasteiger partial charge in [-0.15, -0.1) is 5.10 Å². The van der Waals surface area contributed by atoms with Crippen molar-refractivity contribution in [1.82, 2.24) is 15.2 Å². The van der Waals surface area contributed by atoms with Gasteiger partial charge < -0.3 is 5.32 Å². The molecular weight excluding hydrogens is 321 g/mol. The molecule has 10 heteroatoms. The van der Waals surface area contributed by atoms with Crippen molar-refractivity contribution in [2.45, 2.75) is 31.9 Å². The molecule has 1 spiro atoms. The van der Waals surface area contributed by atoms with E-state index in [1.54, 1.807) is 6.20 Å². The number of halogens is 4. The van der Waals surface area contributed by atoms with E-state index < -0.39 is 29.0 Å². The van der Waals surface area contributed by atoms with Crippen molar-refractivity contribution < 1.29 is 17.7 Å². The van der Waals surface area contributed by atoms with Gasteiger partial charge in [0.15, 0.2) is 12.2 Å². The first-order valence-corrected chi connectivity index (χ1v) is 7.25. The van der Waals surface area contributed by atoms with Crippen LogP contribution in [0.25, 0.3) is 0 Å². The number of hydrogen-bond acceptors (Lipinski definition) is 5. The van der Waals surface area contributed by atoms with Gasteiger partial charge in [-0.25, -0.2) is 9.91 Å². The largest absolute Gasteiger partial charge is 0.438 e. The first-order chi connectivity index (χ1) is 10.2. The Morgan fingerprint density at radius 2 is 2.27 bits per heavy atom. The molecule has 0 aromatic carbocycles. The van der Waals surface area contributed by atoms with Gasteiger partial charge in [-0.3, -0.25) is 4.42 Å². The van der Waals surface area contributed by atoms with Crippen molar-refractivity contribution >= 4 is 24.5 Å². The molecule has 0 saturated carbocycles. The second-order valence-electron chi connectivity index (χ2n) is 6.04. The van der Waals surface area contributed by atoms with Gasteiger partial charge in [-0.1, -0.05) is 13.8 Å². The average Bonchev–Trinajstić information content (AvgIpc) is 2.74. The molecule has 3 aliphatic rings. The van der Waals surface area contributed by atoms with Gasteiger partial charge in [0.2, 0.25) is 6.34 Å². The molecular formula is C12H17ClF3N6+. The Balaban J connectivity index is 2.17. The van der Waals surface area contributed by atoms with E-state index in [1.807, 2.05) is 13.8 Å². The number of aliphatic imine (C=N–C) groups is 1. The van der Waals surface area contributed by atoms with Crippen LogP contribution in [-0.4, -0.2) is 52.7 Å². The first kappa shape index (κ1) is 15.4. The highest BCUT2D eigenvalue weighted by Crippen LogP contribution is 2.46. The first-order valence-electron chi connectivity index (χ1n) is 6.91. The number of nitrogens with one attached hydrogen (secondary N) is 2. The molecule has 3 atom stereocenters. The summed E-state index contributed by atoms with van der Waals surface area (Å²) >= 11 is 6.29. The quantitative estimate of drug-likeness (QED) is 0.593. The van der Waals surface area contributed by atoms with Crippen LogP contribution in [0.5, 0.6) is 0 Å². The molecule has 3 aliphatic heterocycles. The molecule has 3 unspecified atom stereocenters. The molecule has 2 N–H and O–H groups in total. The standard InChI is InChI=1S/C12H17ClF3N6/c1-8(2)9-4-21(13)10-3-17-6-18-12(10)20-19-7-22(9,12)5-11(14,15)16/h3,6-9,20H,4-5H2,1-2H3,(H,17,18)/q+1. The highest BCUT2D eigenvalue weighted by atomic mass is 35.5. The normalized spacial score (nSPS) is 36.6. The van der Waals surface area contributed by atoms with Gasteiger partial charge in [0.05, 0.1) is 12.9 Å². The lowest BCUT2D eigenvalue weighted by Gasteiger charge is -2.54. The van der Waals surface area contributed by atoms with E-state index in [1.165, 1.54) is 17.1 Å². The van der Waals surface area contributed by atoms with E-state index >= 15 is 0 Å². The molecule has 0 aromatic rings. The fourth-order valence-corrected chi connectivity index (χ4v) is 3.81. The molecule has 0 aromatic heterocycles. The highest BCUT2D eigenvalue weighted by Gasteiger charge is 2.69. The predicted molar refractivity (Wildman–Crippen MR) is 76.4 cm³/mol. The Morgan fingerprint density at radius 3 is 2.91 bits per heavy atom. The predicted octanol–water partition coefficient (Wildman–Crippen LogP) is 1.53. The summed E-state index contributed by atoms with van der Waals surface area (Å²) in [5.41, 5.74) is 3.19. The van der Waals surface area contributed by atoms with Crippen molar-refractivity contribution in [3.63, 3.8) is 0 Å². The summed E-state index contributed by atoms with van der Waals surface area (Å²) in [5, 5.41) is 6.74. The van der Waals surface area contributed by atoms with E-state index in [2.05, 4.69) is 20.8 Å². The van der Waals surface area contributed by atoms with Gasteiger partial charge in [0.1, 0.15) is 6.04 Å². The summed E-state index contributed by atoms with van der Waals surface area (Å²) in [6.07, 6.45) is -0.125. The SMILES string of the molecule is CC(C)C1CN(Cl)C2=CNC=NC23NN=C[N+]13CC(F)(F)F. The Morgan fingerprint density at radius 1 is 1.55 bits per heavy atom. The molecule has 0 amide bonds. The maximum absolute atomic E-state index is 13.3. The minimum atomic E-state index is -4.36. The topological polar surface area (TPSA) is 52.0 Å². The van der Waals surface area contributed by atoms with E-state index in [9.17, 15) is 13.2 Å². The number of hydrogen-bond donors (Lipinski definition) is 2. The smallest absolute Gasteiger partial charge is 0.351 e. The van der Waals surface area contributed by atoms with E-state index in [-0.39, 0.29) is 12.5 Å². The molecule has 0 radical (unpaired) electrons. The van der Waals surface area contributed by atoms with Crippen LogP contribution >= 0.6 is 11.8 Å². The van der Waals surface area contributed by atoms with Crippen LogP contribution in [0.1, 0.15) is 13.8 Å². The Bertz CT molecular complexity index is 560. The average molecular weight is 338 g/mol. The van der Waals surface area contributed by atoms with E-state index in [4.69, 9.17) is 11.8 Å². The lowest BCUT2D eigenvalue weighted by molar-refractivity contribution is -0.922. The fourth-order valence-electron chi connectivity index (χ4n) is 3.50. The zero-order valence-electron chi connectivity index (χ0n) is 12.1. The summed E-state index contributed by atoms with van der Waals surface area (Å²) < 4.78 is 40.9. The maximum atomic E-state index is 13.3. The third kappa shape index (κ3) is 1.98. The van der Waals surface area contributed by atoms with Crippen molar-refractivity contribution in [3.8, 4) is 0 Å². The molecule has 3 rings (SSSR count). The highest BCUT2D eigenvalue weighted by molar-refractivity contribution is 6.14. The summed E-state index contributed by atoms with van der Waals surface area (Å²) in [5.74, 6) is -1.42. The van der Waals surface area contributed by atoms with Crippen molar-refractivity contribution in [3.05, 3.63) is 11.9 Å². The fraction of sp³-hybridized carbons (Fsp3) is 0.667. The third-order valence-corrected chi connectivity index (χ3v) is 4.72. The van der Waals surface area contributed by atoms with Gasteiger partial charge in [-0.05, 0) is 0 Å². The molecule has 1 fully saturated rings. The van der Waals surface area contributed by atoms with Crippen LogP contribution in [0.15, 0.2) is 22.0 Å². The molecule has 122 valence electrons. The second kappa shape index (κ2) is 4.76. The zero-order valence-corrected chi connectivity index (χ0v) is 12.9. The number of alkyl halides is 3. The lowest BCUT2D eigenvalue weighted by atomic mass is 9.92. The van der Waals surface area contributed by atoms with E-state index in [0.29, 0.717) is 5.70 Å². The van der Waals surface area contributed by atoms with E-state index in [0.717, 1.165) is 0 Å². The minimum absolute atomic E-state index is 0.0431.